The molecule has 3 rings (SSSR count). The van der Waals surface area contributed by atoms with Gasteiger partial charge >= 0.3 is 6.03 Å². The number of carbonyl (C=O) groups is 2. The molecule has 0 saturated carbocycles. The van der Waals surface area contributed by atoms with Crippen LogP contribution in [0.1, 0.15) is 37.3 Å². The van der Waals surface area contributed by atoms with Gasteiger partial charge in [-0.15, -0.1) is 0 Å². The summed E-state index contributed by atoms with van der Waals surface area (Å²) < 4.78 is 0. The molecule has 6 heteroatoms. The Bertz CT molecular complexity index is 646. The van der Waals surface area contributed by atoms with Crippen molar-refractivity contribution < 1.29 is 9.59 Å². The largest absolute Gasteiger partial charge is 0.342 e. The fourth-order valence-electron chi connectivity index (χ4n) is 3.88. The molecule has 2 aliphatic rings. The van der Waals surface area contributed by atoms with E-state index in [-0.39, 0.29) is 18.0 Å². The molecule has 3 amide bonds. The van der Waals surface area contributed by atoms with E-state index in [2.05, 4.69) is 17.4 Å². The summed E-state index contributed by atoms with van der Waals surface area (Å²) in [6, 6.07) is 8.27. The second kappa shape index (κ2) is 8.54. The number of hydrogen-bond acceptors (Lipinski definition) is 3. The van der Waals surface area contributed by atoms with Crippen molar-refractivity contribution in [2.24, 2.45) is 11.7 Å². The Morgan fingerprint density at radius 1 is 1.23 bits per heavy atom. The third kappa shape index (κ3) is 4.55. The molecule has 6 nitrogen and oxygen atoms in total. The lowest BCUT2D eigenvalue weighted by atomic mass is 9.92. The summed E-state index contributed by atoms with van der Waals surface area (Å²) in [7, 11) is 0. The van der Waals surface area contributed by atoms with E-state index in [1.807, 2.05) is 28.9 Å². The molecule has 0 aliphatic carbocycles. The molecule has 0 radical (unpaired) electrons. The van der Waals surface area contributed by atoms with Crippen molar-refractivity contribution in [1.82, 2.24) is 15.1 Å². The van der Waals surface area contributed by atoms with Gasteiger partial charge in [-0.3, -0.25) is 4.79 Å². The number of likely N-dealkylation sites (tertiary alicyclic amines) is 1. The molecule has 142 valence electrons. The number of fused-ring (bicyclic) bond motifs is 1. The summed E-state index contributed by atoms with van der Waals surface area (Å²) in [6.45, 7) is 5.30. The lowest BCUT2D eigenvalue weighted by Gasteiger charge is -2.34. The van der Waals surface area contributed by atoms with Gasteiger partial charge in [-0.2, -0.15) is 0 Å². The highest BCUT2D eigenvalue weighted by molar-refractivity contribution is 5.78. The molecule has 1 saturated heterocycles. The van der Waals surface area contributed by atoms with Gasteiger partial charge in [-0.05, 0) is 43.2 Å². The smallest absolute Gasteiger partial charge is 0.317 e. The summed E-state index contributed by atoms with van der Waals surface area (Å²) >= 11 is 0. The first-order chi connectivity index (χ1) is 12.5. The molecule has 0 bridgehead atoms. The highest BCUT2D eigenvalue weighted by Crippen LogP contribution is 2.20. The highest BCUT2D eigenvalue weighted by atomic mass is 16.2. The van der Waals surface area contributed by atoms with Crippen molar-refractivity contribution in [3.8, 4) is 0 Å². The first-order valence-corrected chi connectivity index (χ1v) is 9.67. The van der Waals surface area contributed by atoms with Crippen molar-refractivity contribution in [2.75, 3.05) is 26.2 Å². The minimum absolute atomic E-state index is 0.0839. The Labute approximate surface area is 155 Å². The molecule has 3 N–H and O–H groups in total. The number of carbonyl (C=O) groups excluding carboxylic acids is 2. The van der Waals surface area contributed by atoms with E-state index in [0.717, 1.165) is 38.9 Å². The van der Waals surface area contributed by atoms with Crippen LogP contribution in [-0.2, 0) is 17.8 Å². The molecular weight excluding hydrogens is 328 g/mol. The standard InChI is InChI=1S/C20H30N4O2/c1-15(21)17-7-4-11-23(13-17)19(25)8-10-22-20(26)24-12-9-16-5-2-3-6-18(16)14-24/h2-3,5-6,15,17H,4,7-14,21H2,1H3,(H,22,26). The zero-order valence-corrected chi connectivity index (χ0v) is 15.6. The van der Waals surface area contributed by atoms with E-state index < -0.39 is 0 Å². The molecule has 1 aromatic carbocycles. The van der Waals surface area contributed by atoms with Gasteiger partial charge in [-0.25, -0.2) is 4.79 Å². The molecule has 1 aromatic rings. The van der Waals surface area contributed by atoms with Crippen LogP contribution in [0.15, 0.2) is 24.3 Å². The van der Waals surface area contributed by atoms with Crippen molar-refractivity contribution in [1.29, 1.82) is 0 Å². The summed E-state index contributed by atoms with van der Waals surface area (Å²) in [5.41, 5.74) is 8.51. The highest BCUT2D eigenvalue weighted by Gasteiger charge is 2.26. The molecule has 0 aromatic heterocycles. The van der Waals surface area contributed by atoms with Crippen LogP contribution in [0.5, 0.6) is 0 Å². The van der Waals surface area contributed by atoms with E-state index >= 15 is 0 Å². The Morgan fingerprint density at radius 2 is 2.00 bits per heavy atom. The number of benzene rings is 1. The number of urea groups is 1. The quantitative estimate of drug-likeness (QED) is 0.860. The SMILES string of the molecule is CC(N)C1CCCN(C(=O)CCNC(=O)N2CCc3ccccc3C2)C1. The maximum absolute atomic E-state index is 12.4. The fraction of sp³-hybridized carbons (Fsp3) is 0.600. The molecule has 26 heavy (non-hydrogen) atoms. The Balaban J connectivity index is 1.42. The van der Waals surface area contributed by atoms with Crippen molar-refractivity contribution in [3.63, 3.8) is 0 Å². The number of nitrogens with one attached hydrogen (secondary N) is 1. The average molecular weight is 358 g/mol. The number of nitrogens with zero attached hydrogens (tertiary/aromatic N) is 2. The Hall–Kier alpha value is -2.08. The molecular formula is C20H30N4O2. The molecule has 1 fully saturated rings. The zero-order valence-electron chi connectivity index (χ0n) is 15.6. The fourth-order valence-corrected chi connectivity index (χ4v) is 3.88. The van der Waals surface area contributed by atoms with E-state index in [4.69, 9.17) is 5.73 Å². The van der Waals surface area contributed by atoms with Gasteiger partial charge in [0.15, 0.2) is 0 Å². The van der Waals surface area contributed by atoms with Crippen LogP contribution in [0.3, 0.4) is 0 Å². The van der Waals surface area contributed by atoms with Gasteiger partial charge in [-0.1, -0.05) is 24.3 Å². The van der Waals surface area contributed by atoms with Gasteiger partial charge in [0.1, 0.15) is 0 Å². The number of nitrogens with two attached hydrogens (primary N) is 1. The number of hydrogen-bond donors (Lipinski definition) is 2. The number of piperidine rings is 1. The molecule has 2 heterocycles. The predicted octanol–water partition coefficient (Wildman–Crippen LogP) is 1.73. The maximum atomic E-state index is 12.4. The summed E-state index contributed by atoms with van der Waals surface area (Å²) in [4.78, 5) is 28.5. The summed E-state index contributed by atoms with van der Waals surface area (Å²) in [5, 5.41) is 2.90. The third-order valence-electron chi connectivity index (χ3n) is 5.59. The number of rotatable bonds is 4. The summed E-state index contributed by atoms with van der Waals surface area (Å²) in [5.74, 6) is 0.496. The molecule has 2 unspecified atom stereocenters. The van der Waals surface area contributed by atoms with Crippen LogP contribution >= 0.6 is 0 Å². The van der Waals surface area contributed by atoms with Gasteiger partial charge in [0.25, 0.3) is 0 Å². The minimum atomic E-state index is -0.0839. The van der Waals surface area contributed by atoms with Gasteiger partial charge in [0, 0.05) is 45.2 Å². The Kier molecular flexibility index (Phi) is 6.14. The van der Waals surface area contributed by atoms with E-state index in [9.17, 15) is 9.59 Å². The van der Waals surface area contributed by atoms with Crippen molar-refractivity contribution >= 4 is 11.9 Å². The van der Waals surface area contributed by atoms with E-state index in [1.165, 1.54) is 11.1 Å². The number of amides is 3. The van der Waals surface area contributed by atoms with Crippen LogP contribution in [0.4, 0.5) is 4.79 Å². The van der Waals surface area contributed by atoms with Crippen LogP contribution < -0.4 is 11.1 Å². The second-order valence-corrected chi connectivity index (χ2v) is 7.52. The molecule has 2 atom stereocenters. The van der Waals surface area contributed by atoms with Crippen molar-refractivity contribution in [2.45, 2.75) is 45.2 Å². The van der Waals surface area contributed by atoms with Crippen LogP contribution in [0.2, 0.25) is 0 Å². The molecule has 2 aliphatic heterocycles. The zero-order chi connectivity index (χ0) is 18.5. The first kappa shape index (κ1) is 18.7. The van der Waals surface area contributed by atoms with Crippen LogP contribution in [0.25, 0.3) is 0 Å². The normalized spacial score (nSPS) is 21.1. The summed E-state index contributed by atoms with van der Waals surface area (Å²) in [6.07, 6.45) is 3.34. The Morgan fingerprint density at radius 3 is 2.77 bits per heavy atom. The minimum Gasteiger partial charge on any atom is -0.342 e. The third-order valence-corrected chi connectivity index (χ3v) is 5.59. The van der Waals surface area contributed by atoms with Gasteiger partial charge in [0.05, 0.1) is 0 Å². The predicted molar refractivity (Wildman–Crippen MR) is 102 cm³/mol. The van der Waals surface area contributed by atoms with Crippen molar-refractivity contribution in [3.05, 3.63) is 35.4 Å². The van der Waals surface area contributed by atoms with Crippen LogP contribution in [-0.4, -0.2) is 54.0 Å². The monoisotopic (exact) mass is 358 g/mol. The maximum Gasteiger partial charge on any atom is 0.317 e. The van der Waals surface area contributed by atoms with E-state index in [0.29, 0.717) is 25.4 Å². The second-order valence-electron chi connectivity index (χ2n) is 7.52. The first-order valence-electron chi connectivity index (χ1n) is 9.67. The van der Waals surface area contributed by atoms with Gasteiger partial charge in [0.2, 0.25) is 5.91 Å². The molecule has 0 spiro atoms. The van der Waals surface area contributed by atoms with Crippen LogP contribution in [0, 0.1) is 5.92 Å². The topological polar surface area (TPSA) is 78.7 Å². The lowest BCUT2D eigenvalue weighted by molar-refractivity contribution is -0.132. The lowest BCUT2D eigenvalue weighted by Crippen LogP contribution is -2.46. The average Bonchev–Trinajstić information content (AvgIpc) is 2.67. The van der Waals surface area contributed by atoms with E-state index in [1.54, 1.807) is 0 Å². The van der Waals surface area contributed by atoms with Gasteiger partial charge < -0.3 is 20.9 Å².